The number of carboxylic acids is 1. The predicted molar refractivity (Wildman–Crippen MR) is 147 cm³/mol. The Bertz CT molecular complexity index is 1020. The van der Waals surface area contributed by atoms with E-state index in [1.165, 1.54) is 0 Å². The number of aliphatic hydroxyl groups is 2. The van der Waals surface area contributed by atoms with E-state index >= 15 is 0 Å². The van der Waals surface area contributed by atoms with Crippen LogP contribution in [-0.2, 0) is 19.0 Å². The number of aromatic nitrogens is 1. The maximum atomic E-state index is 12.8. The summed E-state index contributed by atoms with van der Waals surface area (Å²) < 4.78 is 17.6. The zero-order chi connectivity index (χ0) is 28.2. The molecule has 0 aliphatic carbocycles. The number of carbonyl (C=O) groups is 2. The summed E-state index contributed by atoms with van der Waals surface area (Å²) in [4.78, 5) is 26.4. The van der Waals surface area contributed by atoms with Crippen LogP contribution in [0.2, 0.25) is 0 Å². The molecule has 0 spiro atoms. The number of aliphatic carboxylic acids is 1. The molecule has 0 bridgehead atoms. The van der Waals surface area contributed by atoms with Crippen LogP contribution in [0, 0.1) is 0 Å². The molecule has 1 aromatic carbocycles. The lowest BCUT2D eigenvalue weighted by Crippen LogP contribution is -2.49. The van der Waals surface area contributed by atoms with E-state index in [-0.39, 0.29) is 18.9 Å². The molecular weight excluding hydrogens is 502 g/mol. The molecule has 1 aliphatic rings. The van der Waals surface area contributed by atoms with Crippen LogP contribution in [0.25, 0.3) is 10.9 Å². The van der Waals surface area contributed by atoms with Gasteiger partial charge in [-0.2, -0.15) is 0 Å². The van der Waals surface area contributed by atoms with Crippen molar-refractivity contribution >= 4 is 22.8 Å². The van der Waals surface area contributed by atoms with E-state index in [9.17, 15) is 19.8 Å². The van der Waals surface area contributed by atoms with Crippen LogP contribution in [0.4, 0.5) is 0 Å². The predicted octanol–water partition coefficient (Wildman–Crippen LogP) is 5.33. The van der Waals surface area contributed by atoms with Crippen LogP contribution in [0.1, 0.15) is 101 Å². The normalized spacial score (nSPS) is 23.0. The van der Waals surface area contributed by atoms with Crippen molar-refractivity contribution in [2.75, 3.05) is 0 Å². The third-order valence-corrected chi connectivity index (χ3v) is 7.40. The summed E-state index contributed by atoms with van der Waals surface area (Å²) >= 11 is 0. The van der Waals surface area contributed by atoms with Gasteiger partial charge in [0.1, 0.15) is 12.2 Å². The zero-order valence-electron chi connectivity index (χ0n) is 23.2. The maximum Gasteiger partial charge on any atom is 0.340 e. The first-order valence-electron chi connectivity index (χ1n) is 14.4. The molecule has 2 heterocycles. The van der Waals surface area contributed by atoms with Crippen LogP contribution in [0.15, 0.2) is 30.5 Å². The number of aliphatic hydroxyl groups excluding tert-OH is 2. The Balaban J connectivity index is 1.26. The van der Waals surface area contributed by atoms with Gasteiger partial charge >= 0.3 is 11.9 Å². The molecule has 39 heavy (non-hydrogen) atoms. The van der Waals surface area contributed by atoms with Gasteiger partial charge in [0, 0.05) is 23.5 Å². The van der Waals surface area contributed by atoms with E-state index in [1.807, 2.05) is 38.1 Å². The van der Waals surface area contributed by atoms with Crippen LogP contribution in [-0.4, -0.2) is 69.1 Å². The number of aromatic amines is 1. The van der Waals surface area contributed by atoms with Crippen molar-refractivity contribution in [3.8, 4) is 0 Å². The van der Waals surface area contributed by atoms with Crippen LogP contribution in [0.3, 0.4) is 0 Å². The third-order valence-electron chi connectivity index (χ3n) is 7.40. The fourth-order valence-electron chi connectivity index (χ4n) is 5.11. The molecular formula is C30H45NO8. The minimum atomic E-state index is -0.951. The lowest BCUT2D eigenvalue weighted by Gasteiger charge is -2.38. The minimum Gasteiger partial charge on any atom is -0.481 e. The summed E-state index contributed by atoms with van der Waals surface area (Å²) in [5.74, 6) is -1.39. The second-order valence-electron chi connectivity index (χ2n) is 10.8. The largest absolute Gasteiger partial charge is 0.481 e. The van der Waals surface area contributed by atoms with E-state index in [2.05, 4.69) is 4.98 Å². The van der Waals surface area contributed by atoms with Crippen LogP contribution < -0.4 is 0 Å². The Hall–Kier alpha value is -2.46. The summed E-state index contributed by atoms with van der Waals surface area (Å²) in [7, 11) is 0. The fraction of sp³-hybridized carbons (Fsp3) is 0.667. The van der Waals surface area contributed by atoms with Gasteiger partial charge in [0.25, 0.3) is 0 Å². The monoisotopic (exact) mass is 547 g/mol. The highest BCUT2D eigenvalue weighted by Crippen LogP contribution is 2.27. The number of rotatable bonds is 17. The molecule has 1 aliphatic heterocycles. The van der Waals surface area contributed by atoms with E-state index in [0.717, 1.165) is 68.7 Å². The van der Waals surface area contributed by atoms with Gasteiger partial charge < -0.3 is 34.5 Å². The average Bonchev–Trinajstić information content (AvgIpc) is 3.32. The molecule has 9 nitrogen and oxygen atoms in total. The first-order valence-corrected chi connectivity index (χ1v) is 14.4. The molecule has 6 unspecified atom stereocenters. The molecule has 0 amide bonds. The first-order chi connectivity index (χ1) is 18.7. The fourth-order valence-corrected chi connectivity index (χ4v) is 5.11. The summed E-state index contributed by atoms with van der Waals surface area (Å²) in [6, 6.07) is 7.54. The number of hydrogen-bond acceptors (Lipinski definition) is 7. The first kappa shape index (κ1) is 31.1. The highest BCUT2D eigenvalue weighted by Gasteiger charge is 2.38. The average molecular weight is 548 g/mol. The van der Waals surface area contributed by atoms with Crippen molar-refractivity contribution in [2.45, 2.75) is 128 Å². The molecule has 1 saturated heterocycles. The number of carbonyl (C=O) groups excluding carboxylic acids is 1. The number of fused-ring (bicyclic) bond motifs is 1. The molecule has 6 atom stereocenters. The molecule has 1 aromatic heterocycles. The summed E-state index contributed by atoms with van der Waals surface area (Å²) in [5.41, 5.74) is 1.33. The Kier molecular flexibility index (Phi) is 12.7. The number of unbranched alkanes of at least 4 members (excludes halogenated alkanes) is 7. The van der Waals surface area contributed by atoms with Gasteiger partial charge in [-0.3, -0.25) is 4.79 Å². The maximum absolute atomic E-state index is 12.8. The number of ether oxygens (including phenoxy) is 3. The third kappa shape index (κ3) is 10.2. The van der Waals surface area contributed by atoms with Gasteiger partial charge in [0.2, 0.25) is 0 Å². The number of benzene rings is 1. The van der Waals surface area contributed by atoms with Gasteiger partial charge in [-0.15, -0.1) is 0 Å². The lowest BCUT2D eigenvalue weighted by molar-refractivity contribution is -0.273. The SMILES string of the molecule is CC(CCCCCCCCCCC(O)CC(=O)O)OC1OC(C)C(OC(=O)c2c[nH]c3ccccc23)CC1O. The molecule has 4 N–H and O–H groups in total. The molecule has 0 saturated carbocycles. The number of esters is 1. The van der Waals surface area contributed by atoms with Crippen molar-refractivity contribution < 1.29 is 39.1 Å². The van der Waals surface area contributed by atoms with Crippen molar-refractivity contribution in [1.82, 2.24) is 4.98 Å². The van der Waals surface area contributed by atoms with Crippen molar-refractivity contribution in [2.24, 2.45) is 0 Å². The van der Waals surface area contributed by atoms with Crippen LogP contribution in [0.5, 0.6) is 0 Å². The molecule has 1 fully saturated rings. The second-order valence-corrected chi connectivity index (χ2v) is 10.8. The number of nitrogens with one attached hydrogen (secondary N) is 1. The number of H-pyrrole nitrogens is 1. The quantitative estimate of drug-likeness (QED) is 0.154. The zero-order valence-corrected chi connectivity index (χ0v) is 23.2. The van der Waals surface area contributed by atoms with Crippen molar-refractivity contribution in [3.63, 3.8) is 0 Å². The van der Waals surface area contributed by atoms with E-state index < -0.39 is 42.6 Å². The number of hydrogen-bond donors (Lipinski definition) is 4. The minimum absolute atomic E-state index is 0.0561. The topological polar surface area (TPSA) is 138 Å². The Morgan fingerprint density at radius 2 is 1.69 bits per heavy atom. The number of para-hydroxylation sites is 1. The highest BCUT2D eigenvalue weighted by atomic mass is 16.7. The highest BCUT2D eigenvalue weighted by molar-refractivity contribution is 6.04. The van der Waals surface area contributed by atoms with Crippen molar-refractivity contribution in [1.29, 1.82) is 0 Å². The molecule has 3 rings (SSSR count). The second kappa shape index (κ2) is 16.0. The van der Waals surface area contributed by atoms with Crippen LogP contribution >= 0.6 is 0 Å². The summed E-state index contributed by atoms with van der Waals surface area (Å²) in [6.45, 7) is 3.82. The Labute approximate surface area is 230 Å². The molecule has 2 aromatic rings. The Morgan fingerprint density at radius 3 is 2.38 bits per heavy atom. The van der Waals surface area contributed by atoms with E-state index in [4.69, 9.17) is 19.3 Å². The number of carboxylic acid groups (broad SMARTS) is 1. The Morgan fingerprint density at radius 1 is 1.05 bits per heavy atom. The molecule has 9 heteroatoms. The summed E-state index contributed by atoms with van der Waals surface area (Å²) in [6.07, 6.45) is 8.37. The van der Waals surface area contributed by atoms with E-state index in [1.54, 1.807) is 6.20 Å². The summed E-state index contributed by atoms with van der Waals surface area (Å²) in [5, 5.41) is 29.7. The lowest BCUT2D eigenvalue weighted by atomic mass is 10.0. The standard InChI is InChI=1S/C30H45NO8/c1-20(13-9-7-5-3-4-6-8-10-14-22(32)17-28(34)35)37-30-26(33)18-27(21(2)38-30)39-29(36)24-19-31-25-16-12-11-15-23(24)25/h11-12,15-16,19-22,26-27,30-33H,3-10,13-14,17-18H2,1-2H3,(H,34,35). The van der Waals surface area contributed by atoms with Gasteiger partial charge in [-0.1, -0.05) is 69.6 Å². The van der Waals surface area contributed by atoms with Gasteiger partial charge in [-0.05, 0) is 32.8 Å². The van der Waals surface area contributed by atoms with Crippen molar-refractivity contribution in [3.05, 3.63) is 36.0 Å². The van der Waals surface area contributed by atoms with E-state index in [0.29, 0.717) is 12.0 Å². The van der Waals surface area contributed by atoms with Gasteiger partial charge in [0.15, 0.2) is 6.29 Å². The smallest absolute Gasteiger partial charge is 0.340 e. The van der Waals surface area contributed by atoms with Gasteiger partial charge in [0.05, 0.1) is 30.3 Å². The van der Waals surface area contributed by atoms with Gasteiger partial charge in [-0.25, -0.2) is 4.79 Å². The molecule has 0 radical (unpaired) electrons. The molecule has 218 valence electrons.